The van der Waals surface area contributed by atoms with Gasteiger partial charge in [0.15, 0.2) is 5.88 Å². The molecule has 1 aromatic rings. The molecule has 1 unspecified atom stereocenters. The first-order valence-electron chi connectivity index (χ1n) is 5.85. The maximum absolute atomic E-state index is 11.7. The van der Waals surface area contributed by atoms with Gasteiger partial charge in [0, 0.05) is 25.1 Å². The fourth-order valence-electron chi connectivity index (χ4n) is 1.61. The SMILES string of the molecule is CCC(CNC(=O)c1cc(O)[nH]c(=O)c1)CC(=O)O. The standard InChI is InChI=1S/C12H16N2O5/c1-2-7(3-11(17)18)6-13-12(19)8-4-9(15)14-10(16)5-8/h4-5,7H,2-3,6H2,1H3,(H,13,19)(H,17,18)(H2,14,15,16). The number of aromatic nitrogens is 1. The lowest BCUT2D eigenvalue weighted by atomic mass is 10.0. The summed E-state index contributed by atoms with van der Waals surface area (Å²) in [5, 5.41) is 20.4. The average Bonchev–Trinajstić information content (AvgIpc) is 2.32. The summed E-state index contributed by atoms with van der Waals surface area (Å²) in [6.45, 7) is 2.04. The van der Waals surface area contributed by atoms with Crippen LogP contribution in [0.2, 0.25) is 0 Å². The van der Waals surface area contributed by atoms with E-state index in [-0.39, 0.29) is 24.4 Å². The Labute approximate surface area is 109 Å². The van der Waals surface area contributed by atoms with Crippen LogP contribution in [-0.2, 0) is 4.79 Å². The van der Waals surface area contributed by atoms with E-state index in [9.17, 15) is 19.5 Å². The van der Waals surface area contributed by atoms with Crippen LogP contribution in [0.15, 0.2) is 16.9 Å². The van der Waals surface area contributed by atoms with Crippen molar-refractivity contribution in [1.29, 1.82) is 0 Å². The van der Waals surface area contributed by atoms with Crippen molar-refractivity contribution in [3.8, 4) is 5.88 Å². The number of aromatic hydroxyl groups is 1. The number of aromatic amines is 1. The highest BCUT2D eigenvalue weighted by molar-refractivity contribution is 5.94. The molecule has 0 aromatic carbocycles. The molecule has 19 heavy (non-hydrogen) atoms. The van der Waals surface area contributed by atoms with Crippen LogP contribution in [0.5, 0.6) is 5.88 Å². The van der Waals surface area contributed by atoms with Crippen LogP contribution in [0.4, 0.5) is 0 Å². The molecule has 0 radical (unpaired) electrons. The minimum atomic E-state index is -0.921. The molecule has 0 aliphatic rings. The number of hydrogen-bond acceptors (Lipinski definition) is 4. The van der Waals surface area contributed by atoms with Gasteiger partial charge in [-0.25, -0.2) is 0 Å². The van der Waals surface area contributed by atoms with Crippen molar-refractivity contribution in [2.75, 3.05) is 6.54 Å². The zero-order valence-electron chi connectivity index (χ0n) is 10.5. The second-order valence-corrected chi connectivity index (χ2v) is 4.20. The average molecular weight is 268 g/mol. The van der Waals surface area contributed by atoms with Crippen LogP contribution in [0.3, 0.4) is 0 Å². The molecule has 0 saturated heterocycles. The normalized spacial score (nSPS) is 11.8. The van der Waals surface area contributed by atoms with Gasteiger partial charge < -0.3 is 15.5 Å². The fraction of sp³-hybridized carbons (Fsp3) is 0.417. The van der Waals surface area contributed by atoms with E-state index in [1.807, 2.05) is 6.92 Å². The van der Waals surface area contributed by atoms with E-state index in [1.54, 1.807) is 0 Å². The van der Waals surface area contributed by atoms with Gasteiger partial charge in [-0.15, -0.1) is 0 Å². The Balaban J connectivity index is 2.64. The number of carboxylic acids is 1. The zero-order valence-corrected chi connectivity index (χ0v) is 10.5. The number of carbonyl (C=O) groups excluding carboxylic acids is 1. The minimum Gasteiger partial charge on any atom is -0.494 e. The summed E-state index contributed by atoms with van der Waals surface area (Å²) in [4.78, 5) is 35.5. The third-order valence-electron chi connectivity index (χ3n) is 2.68. The Morgan fingerprint density at radius 2 is 2.11 bits per heavy atom. The molecule has 0 spiro atoms. The number of aliphatic carboxylic acids is 1. The maximum atomic E-state index is 11.7. The van der Waals surface area contributed by atoms with E-state index in [2.05, 4.69) is 10.3 Å². The maximum Gasteiger partial charge on any atom is 0.303 e. The molecule has 1 heterocycles. The van der Waals surface area contributed by atoms with Crippen LogP contribution in [-0.4, -0.2) is 33.6 Å². The molecular weight excluding hydrogens is 252 g/mol. The van der Waals surface area contributed by atoms with Crippen molar-refractivity contribution in [3.63, 3.8) is 0 Å². The van der Waals surface area contributed by atoms with E-state index >= 15 is 0 Å². The van der Waals surface area contributed by atoms with Gasteiger partial charge in [0.1, 0.15) is 0 Å². The number of carboxylic acid groups (broad SMARTS) is 1. The molecule has 104 valence electrons. The molecule has 0 aliphatic heterocycles. The first-order valence-corrected chi connectivity index (χ1v) is 5.85. The van der Waals surface area contributed by atoms with Crippen LogP contribution in [0.25, 0.3) is 0 Å². The van der Waals surface area contributed by atoms with Gasteiger partial charge in [-0.05, 0) is 5.92 Å². The summed E-state index contributed by atoms with van der Waals surface area (Å²) in [5.41, 5.74) is -0.547. The first-order chi connectivity index (χ1) is 8.92. The van der Waals surface area contributed by atoms with Gasteiger partial charge in [-0.1, -0.05) is 13.3 Å². The molecule has 4 N–H and O–H groups in total. The Kier molecular flexibility index (Phi) is 5.11. The molecule has 0 saturated carbocycles. The van der Waals surface area contributed by atoms with Crippen molar-refractivity contribution in [3.05, 3.63) is 28.0 Å². The lowest BCUT2D eigenvalue weighted by molar-refractivity contribution is -0.138. The zero-order chi connectivity index (χ0) is 14.4. The molecule has 0 aliphatic carbocycles. The topological polar surface area (TPSA) is 119 Å². The summed E-state index contributed by atoms with van der Waals surface area (Å²) in [5.74, 6) is -2.01. The molecular formula is C12H16N2O5. The molecule has 7 nitrogen and oxygen atoms in total. The number of carbonyl (C=O) groups is 2. The predicted octanol–water partition coefficient (Wildman–Crippen LogP) is 0.311. The highest BCUT2D eigenvalue weighted by Crippen LogP contribution is 2.08. The molecule has 0 fully saturated rings. The van der Waals surface area contributed by atoms with Gasteiger partial charge in [0.2, 0.25) is 0 Å². The van der Waals surface area contributed by atoms with Crippen molar-refractivity contribution < 1.29 is 19.8 Å². The molecule has 1 aromatic heterocycles. The van der Waals surface area contributed by atoms with E-state index in [1.165, 1.54) is 0 Å². The van der Waals surface area contributed by atoms with E-state index in [0.717, 1.165) is 12.1 Å². The summed E-state index contributed by atoms with van der Waals surface area (Å²) in [7, 11) is 0. The summed E-state index contributed by atoms with van der Waals surface area (Å²) < 4.78 is 0. The van der Waals surface area contributed by atoms with E-state index in [0.29, 0.717) is 6.42 Å². The van der Waals surface area contributed by atoms with Gasteiger partial charge >= 0.3 is 5.97 Å². The third-order valence-corrected chi connectivity index (χ3v) is 2.68. The van der Waals surface area contributed by atoms with Gasteiger partial charge in [0.25, 0.3) is 11.5 Å². The monoisotopic (exact) mass is 268 g/mol. The molecule has 7 heteroatoms. The highest BCUT2D eigenvalue weighted by atomic mass is 16.4. The fourth-order valence-corrected chi connectivity index (χ4v) is 1.61. The highest BCUT2D eigenvalue weighted by Gasteiger charge is 2.14. The third kappa shape index (κ3) is 4.82. The largest absolute Gasteiger partial charge is 0.494 e. The minimum absolute atomic E-state index is 0.0304. The molecule has 1 atom stereocenters. The Hall–Kier alpha value is -2.31. The number of hydrogen-bond donors (Lipinski definition) is 4. The quantitative estimate of drug-likeness (QED) is 0.592. The molecule has 1 amide bonds. The van der Waals surface area contributed by atoms with Gasteiger partial charge in [-0.2, -0.15) is 0 Å². The second-order valence-electron chi connectivity index (χ2n) is 4.20. The lowest BCUT2D eigenvalue weighted by Crippen LogP contribution is -2.30. The number of rotatable bonds is 6. The molecule has 0 bridgehead atoms. The van der Waals surface area contributed by atoms with Crippen LogP contribution < -0.4 is 10.9 Å². The Morgan fingerprint density at radius 3 is 2.63 bits per heavy atom. The second kappa shape index (κ2) is 6.58. The Bertz CT molecular complexity index is 523. The number of pyridine rings is 1. The smallest absolute Gasteiger partial charge is 0.303 e. The summed E-state index contributed by atoms with van der Waals surface area (Å²) in [6, 6.07) is 2.20. The predicted molar refractivity (Wildman–Crippen MR) is 67.1 cm³/mol. The number of nitrogens with one attached hydrogen (secondary N) is 2. The van der Waals surface area contributed by atoms with Crippen molar-refractivity contribution in [2.45, 2.75) is 19.8 Å². The number of amides is 1. The van der Waals surface area contributed by atoms with Crippen LogP contribution in [0, 0.1) is 5.92 Å². The lowest BCUT2D eigenvalue weighted by Gasteiger charge is -2.13. The Morgan fingerprint density at radius 1 is 1.42 bits per heavy atom. The van der Waals surface area contributed by atoms with Crippen molar-refractivity contribution in [2.24, 2.45) is 5.92 Å². The van der Waals surface area contributed by atoms with Crippen molar-refractivity contribution >= 4 is 11.9 Å². The number of H-pyrrole nitrogens is 1. The van der Waals surface area contributed by atoms with Crippen LogP contribution >= 0.6 is 0 Å². The van der Waals surface area contributed by atoms with E-state index < -0.39 is 23.3 Å². The van der Waals surface area contributed by atoms with Crippen LogP contribution in [0.1, 0.15) is 30.1 Å². The van der Waals surface area contributed by atoms with Gasteiger partial charge in [0.05, 0.1) is 5.56 Å². The summed E-state index contributed by atoms with van der Waals surface area (Å²) >= 11 is 0. The van der Waals surface area contributed by atoms with Crippen molar-refractivity contribution in [1.82, 2.24) is 10.3 Å². The molecule has 1 rings (SSSR count). The first kappa shape index (κ1) is 14.7. The summed E-state index contributed by atoms with van der Waals surface area (Å²) in [6.07, 6.45) is 0.588. The van der Waals surface area contributed by atoms with Gasteiger partial charge in [-0.3, -0.25) is 19.4 Å². The van der Waals surface area contributed by atoms with E-state index in [4.69, 9.17) is 5.11 Å².